The van der Waals surface area contributed by atoms with Crippen LogP contribution in [0.3, 0.4) is 0 Å². The molecule has 3 rings (SSSR count). The van der Waals surface area contributed by atoms with E-state index in [4.69, 9.17) is 5.73 Å². The standard InChI is InChI=1S/C22H28N4O4S/c1-17-7-9-20(10-8-17)31(29,30)24-22(28)26-13-11-25(12-14-26)21(27)16-19(23)15-18-5-3-2-4-6-18/h2-10,19H,11-16,23H2,1H3,(H,24,28)/t19-/m1/s1. The van der Waals surface area contributed by atoms with Gasteiger partial charge in [0.15, 0.2) is 0 Å². The highest BCUT2D eigenvalue weighted by Crippen LogP contribution is 2.12. The zero-order valence-electron chi connectivity index (χ0n) is 17.5. The third-order valence-electron chi connectivity index (χ3n) is 5.25. The summed E-state index contributed by atoms with van der Waals surface area (Å²) in [5.41, 5.74) is 8.14. The summed E-state index contributed by atoms with van der Waals surface area (Å²) in [4.78, 5) is 28.1. The number of aryl methyl sites for hydroxylation is 1. The number of hydrogen-bond acceptors (Lipinski definition) is 5. The number of sulfonamides is 1. The molecule has 0 radical (unpaired) electrons. The highest BCUT2D eigenvalue weighted by Gasteiger charge is 2.27. The quantitative estimate of drug-likeness (QED) is 0.701. The number of hydrogen-bond donors (Lipinski definition) is 2. The summed E-state index contributed by atoms with van der Waals surface area (Å²) < 4.78 is 26.9. The molecular weight excluding hydrogens is 416 g/mol. The first-order chi connectivity index (χ1) is 14.7. The molecule has 2 aromatic carbocycles. The molecule has 0 spiro atoms. The number of rotatable bonds is 6. The largest absolute Gasteiger partial charge is 0.339 e. The molecule has 0 aliphatic carbocycles. The second-order valence-corrected chi connectivity index (χ2v) is 9.43. The Labute approximate surface area is 183 Å². The Morgan fingerprint density at radius 2 is 1.55 bits per heavy atom. The van der Waals surface area contributed by atoms with E-state index in [0.717, 1.165) is 11.1 Å². The Balaban J connectivity index is 1.47. The fraction of sp³-hybridized carbons (Fsp3) is 0.364. The molecular formula is C22H28N4O4S. The molecule has 3 amide bonds. The number of carbonyl (C=O) groups excluding carboxylic acids is 2. The van der Waals surface area contributed by atoms with Crippen molar-refractivity contribution >= 4 is 22.0 Å². The van der Waals surface area contributed by atoms with Gasteiger partial charge in [0.25, 0.3) is 10.0 Å². The molecule has 0 aromatic heterocycles. The third-order valence-corrected chi connectivity index (χ3v) is 6.59. The molecule has 9 heteroatoms. The maximum atomic E-state index is 12.5. The molecule has 8 nitrogen and oxygen atoms in total. The van der Waals surface area contributed by atoms with Crippen molar-refractivity contribution in [1.29, 1.82) is 0 Å². The van der Waals surface area contributed by atoms with E-state index in [1.54, 1.807) is 17.0 Å². The molecule has 0 bridgehead atoms. The lowest BCUT2D eigenvalue weighted by molar-refractivity contribution is -0.132. The molecule has 0 saturated carbocycles. The molecule has 1 saturated heterocycles. The Morgan fingerprint density at radius 3 is 2.16 bits per heavy atom. The van der Waals surface area contributed by atoms with Crippen molar-refractivity contribution in [3.63, 3.8) is 0 Å². The fourth-order valence-corrected chi connectivity index (χ4v) is 4.43. The lowest BCUT2D eigenvalue weighted by Gasteiger charge is -2.35. The molecule has 1 aliphatic rings. The number of carbonyl (C=O) groups is 2. The lowest BCUT2D eigenvalue weighted by atomic mass is 10.0. The predicted octanol–water partition coefficient (Wildman–Crippen LogP) is 1.50. The van der Waals surface area contributed by atoms with Crippen LogP contribution >= 0.6 is 0 Å². The topological polar surface area (TPSA) is 113 Å². The molecule has 1 fully saturated rings. The number of nitrogens with zero attached hydrogens (tertiary/aromatic N) is 2. The van der Waals surface area contributed by atoms with Crippen LogP contribution in [0.5, 0.6) is 0 Å². The number of nitrogens with two attached hydrogens (primary N) is 1. The van der Waals surface area contributed by atoms with Crippen LogP contribution in [0.4, 0.5) is 4.79 Å². The van der Waals surface area contributed by atoms with E-state index in [2.05, 4.69) is 4.72 Å². The highest BCUT2D eigenvalue weighted by molar-refractivity contribution is 7.90. The minimum atomic E-state index is -3.94. The van der Waals surface area contributed by atoms with Crippen LogP contribution in [0.1, 0.15) is 17.5 Å². The Morgan fingerprint density at radius 1 is 0.968 bits per heavy atom. The van der Waals surface area contributed by atoms with E-state index < -0.39 is 16.1 Å². The smallest absolute Gasteiger partial charge is 0.331 e. The first-order valence-corrected chi connectivity index (χ1v) is 11.7. The SMILES string of the molecule is Cc1ccc(S(=O)(=O)NC(=O)N2CCN(C(=O)C[C@H](N)Cc3ccccc3)CC2)cc1. The normalized spacial score (nSPS) is 15.4. The average Bonchev–Trinajstić information content (AvgIpc) is 2.74. The van der Waals surface area contributed by atoms with Gasteiger partial charge in [0, 0.05) is 38.6 Å². The number of urea groups is 1. The second-order valence-electron chi connectivity index (χ2n) is 7.75. The number of nitrogens with one attached hydrogen (secondary N) is 1. The van der Waals surface area contributed by atoms with Crippen LogP contribution in [0.2, 0.25) is 0 Å². The zero-order chi connectivity index (χ0) is 22.4. The first kappa shape index (κ1) is 22.8. The number of amides is 3. The van der Waals surface area contributed by atoms with Crippen molar-refractivity contribution in [2.45, 2.75) is 30.7 Å². The van der Waals surface area contributed by atoms with Gasteiger partial charge >= 0.3 is 6.03 Å². The summed E-state index contributed by atoms with van der Waals surface area (Å²) in [6, 6.07) is 15.1. The van der Waals surface area contributed by atoms with E-state index in [1.807, 2.05) is 37.3 Å². The van der Waals surface area contributed by atoms with Gasteiger partial charge in [-0.1, -0.05) is 48.0 Å². The number of piperazine rings is 1. The van der Waals surface area contributed by atoms with Crippen LogP contribution in [0, 0.1) is 6.92 Å². The van der Waals surface area contributed by atoms with Gasteiger partial charge in [0.2, 0.25) is 5.91 Å². The van der Waals surface area contributed by atoms with Crippen LogP contribution in [-0.2, 0) is 21.2 Å². The van der Waals surface area contributed by atoms with Crippen molar-refractivity contribution in [3.05, 3.63) is 65.7 Å². The van der Waals surface area contributed by atoms with Gasteiger partial charge in [0.05, 0.1) is 4.90 Å². The summed E-state index contributed by atoms with van der Waals surface area (Å²) in [5, 5.41) is 0. The van der Waals surface area contributed by atoms with Crippen LogP contribution in [0.15, 0.2) is 59.5 Å². The molecule has 31 heavy (non-hydrogen) atoms. The predicted molar refractivity (Wildman–Crippen MR) is 118 cm³/mol. The van der Waals surface area contributed by atoms with E-state index in [0.29, 0.717) is 19.5 Å². The van der Waals surface area contributed by atoms with Crippen molar-refractivity contribution < 1.29 is 18.0 Å². The molecule has 166 valence electrons. The zero-order valence-corrected chi connectivity index (χ0v) is 18.3. The van der Waals surface area contributed by atoms with E-state index >= 15 is 0 Å². The number of benzene rings is 2. The van der Waals surface area contributed by atoms with Gasteiger partial charge in [-0.05, 0) is 31.0 Å². The maximum Gasteiger partial charge on any atom is 0.331 e. The average molecular weight is 445 g/mol. The van der Waals surface area contributed by atoms with Gasteiger partial charge in [-0.3, -0.25) is 4.79 Å². The summed E-state index contributed by atoms with van der Waals surface area (Å²) in [6.07, 6.45) is 0.842. The van der Waals surface area contributed by atoms with Gasteiger partial charge in [-0.25, -0.2) is 17.9 Å². The Hall–Kier alpha value is -2.91. The molecule has 1 heterocycles. The van der Waals surface area contributed by atoms with Crippen molar-refractivity contribution in [2.24, 2.45) is 5.73 Å². The second kappa shape index (κ2) is 9.93. The van der Waals surface area contributed by atoms with E-state index in [-0.39, 0.29) is 36.4 Å². The lowest BCUT2D eigenvalue weighted by Crippen LogP contribution is -2.54. The minimum absolute atomic E-state index is 0.0349. The van der Waals surface area contributed by atoms with Gasteiger partial charge in [-0.15, -0.1) is 0 Å². The fourth-order valence-electron chi connectivity index (χ4n) is 3.46. The van der Waals surface area contributed by atoms with E-state index in [1.165, 1.54) is 17.0 Å². The van der Waals surface area contributed by atoms with Crippen molar-refractivity contribution in [3.8, 4) is 0 Å². The van der Waals surface area contributed by atoms with Crippen molar-refractivity contribution in [1.82, 2.24) is 14.5 Å². The maximum absolute atomic E-state index is 12.5. The molecule has 2 aromatic rings. The van der Waals surface area contributed by atoms with Crippen LogP contribution in [-0.4, -0.2) is 62.4 Å². The van der Waals surface area contributed by atoms with Crippen LogP contribution < -0.4 is 10.5 Å². The van der Waals surface area contributed by atoms with E-state index in [9.17, 15) is 18.0 Å². The summed E-state index contributed by atoms with van der Waals surface area (Å²) >= 11 is 0. The monoisotopic (exact) mass is 444 g/mol. The summed E-state index contributed by atoms with van der Waals surface area (Å²) in [7, 11) is -3.94. The molecule has 1 atom stereocenters. The molecule has 1 aliphatic heterocycles. The highest BCUT2D eigenvalue weighted by atomic mass is 32.2. The summed E-state index contributed by atoms with van der Waals surface area (Å²) in [5.74, 6) is -0.0595. The third kappa shape index (κ3) is 6.28. The van der Waals surface area contributed by atoms with Gasteiger partial charge < -0.3 is 15.5 Å². The van der Waals surface area contributed by atoms with Crippen molar-refractivity contribution in [2.75, 3.05) is 26.2 Å². The molecule has 0 unspecified atom stereocenters. The first-order valence-electron chi connectivity index (χ1n) is 10.2. The summed E-state index contributed by atoms with van der Waals surface area (Å²) in [6.45, 7) is 3.05. The van der Waals surface area contributed by atoms with Gasteiger partial charge in [-0.2, -0.15) is 0 Å². The Kier molecular flexibility index (Phi) is 7.29. The Bertz CT molecular complexity index is 1000. The van der Waals surface area contributed by atoms with Gasteiger partial charge in [0.1, 0.15) is 0 Å². The minimum Gasteiger partial charge on any atom is -0.339 e. The molecule has 3 N–H and O–H groups in total. The van der Waals surface area contributed by atoms with Crippen LogP contribution in [0.25, 0.3) is 0 Å².